The van der Waals surface area contributed by atoms with Crippen molar-refractivity contribution in [3.8, 4) is 0 Å². The summed E-state index contributed by atoms with van der Waals surface area (Å²) >= 11 is 0. The van der Waals surface area contributed by atoms with Crippen molar-refractivity contribution in [3.05, 3.63) is 0 Å². The van der Waals surface area contributed by atoms with Crippen LogP contribution in [-0.4, -0.2) is 61.9 Å². The zero-order chi connectivity index (χ0) is 10.4. The van der Waals surface area contributed by atoms with E-state index >= 15 is 0 Å². The molecule has 0 amide bonds. The Balaban J connectivity index is 2.07. The van der Waals surface area contributed by atoms with Gasteiger partial charge in [0.2, 0.25) is 0 Å². The molecular weight excluding hydrogens is 184 g/mol. The summed E-state index contributed by atoms with van der Waals surface area (Å²) in [7, 11) is 2.06. The van der Waals surface area contributed by atoms with Crippen LogP contribution in [0.2, 0.25) is 0 Å². The van der Waals surface area contributed by atoms with Gasteiger partial charge >= 0.3 is 5.97 Å². The first-order chi connectivity index (χ1) is 6.70. The van der Waals surface area contributed by atoms with E-state index in [2.05, 4.69) is 17.3 Å². The van der Waals surface area contributed by atoms with E-state index in [1.54, 1.807) is 0 Å². The molecule has 0 aromatic heterocycles. The van der Waals surface area contributed by atoms with E-state index in [1.165, 1.54) is 0 Å². The van der Waals surface area contributed by atoms with Crippen molar-refractivity contribution >= 4 is 5.97 Å². The van der Waals surface area contributed by atoms with Crippen LogP contribution < -0.4 is 5.32 Å². The number of ether oxygens (including phenoxy) is 1. The summed E-state index contributed by atoms with van der Waals surface area (Å²) in [5.74, 6) is -0.805. The lowest BCUT2D eigenvalue weighted by Gasteiger charge is -2.32. The topological polar surface area (TPSA) is 61.8 Å². The Morgan fingerprint density at radius 1 is 1.71 bits per heavy atom. The minimum absolute atomic E-state index is 0.0872. The second kappa shape index (κ2) is 5.95. The highest BCUT2D eigenvalue weighted by Crippen LogP contribution is 2.00. The van der Waals surface area contributed by atoms with Gasteiger partial charge < -0.3 is 15.2 Å². The van der Waals surface area contributed by atoms with Crippen LogP contribution in [-0.2, 0) is 9.53 Å². The molecule has 82 valence electrons. The molecular formula is C9H18N2O3. The number of carboxylic acid groups (broad SMARTS) is 1. The monoisotopic (exact) mass is 202 g/mol. The van der Waals surface area contributed by atoms with Crippen molar-refractivity contribution in [2.24, 2.45) is 0 Å². The molecule has 0 aromatic carbocycles. The second-order valence-electron chi connectivity index (χ2n) is 3.56. The quantitative estimate of drug-likeness (QED) is 0.582. The molecule has 1 rings (SSSR count). The van der Waals surface area contributed by atoms with Crippen molar-refractivity contribution in [1.82, 2.24) is 10.2 Å². The van der Waals surface area contributed by atoms with Gasteiger partial charge in [-0.2, -0.15) is 0 Å². The molecule has 0 radical (unpaired) electrons. The Morgan fingerprint density at radius 3 is 3.14 bits per heavy atom. The van der Waals surface area contributed by atoms with Crippen molar-refractivity contribution in [2.75, 3.05) is 39.9 Å². The second-order valence-corrected chi connectivity index (χ2v) is 3.56. The Morgan fingerprint density at radius 2 is 2.50 bits per heavy atom. The van der Waals surface area contributed by atoms with Crippen molar-refractivity contribution in [3.63, 3.8) is 0 Å². The maximum atomic E-state index is 10.2. The number of carboxylic acids is 1. The van der Waals surface area contributed by atoms with Gasteiger partial charge in [0.1, 0.15) is 0 Å². The van der Waals surface area contributed by atoms with Crippen LogP contribution in [0.5, 0.6) is 0 Å². The predicted molar refractivity (Wildman–Crippen MR) is 52.4 cm³/mol. The third-order valence-electron chi connectivity index (χ3n) is 2.42. The van der Waals surface area contributed by atoms with Crippen LogP contribution in [0.3, 0.4) is 0 Å². The number of aliphatic carboxylic acids is 1. The Kier molecular flexibility index (Phi) is 4.86. The summed E-state index contributed by atoms with van der Waals surface area (Å²) in [6, 6.07) is 0.373. The van der Waals surface area contributed by atoms with Crippen LogP contribution in [0.4, 0.5) is 0 Å². The van der Waals surface area contributed by atoms with E-state index < -0.39 is 5.97 Å². The fourth-order valence-corrected chi connectivity index (χ4v) is 1.43. The lowest BCUT2D eigenvalue weighted by Crippen LogP contribution is -2.51. The van der Waals surface area contributed by atoms with Gasteiger partial charge in [-0.25, -0.2) is 0 Å². The largest absolute Gasteiger partial charge is 0.481 e. The first-order valence-corrected chi connectivity index (χ1v) is 4.90. The third kappa shape index (κ3) is 4.04. The van der Waals surface area contributed by atoms with Gasteiger partial charge in [0, 0.05) is 25.7 Å². The SMILES string of the molecule is CN1CCNCC1COCCC(=O)O. The number of piperazine rings is 1. The standard InChI is InChI=1S/C9H18N2O3/c1-11-4-3-10-6-8(11)7-14-5-2-9(12)13/h8,10H,2-7H2,1H3,(H,12,13). The molecule has 1 atom stereocenters. The van der Waals surface area contributed by atoms with Crippen LogP contribution in [0.25, 0.3) is 0 Å². The normalized spacial score (nSPS) is 23.6. The number of hydrogen-bond donors (Lipinski definition) is 2. The van der Waals surface area contributed by atoms with Crippen molar-refractivity contribution < 1.29 is 14.6 Å². The van der Waals surface area contributed by atoms with Crippen LogP contribution >= 0.6 is 0 Å². The number of likely N-dealkylation sites (N-methyl/N-ethyl adjacent to an activating group) is 1. The third-order valence-corrected chi connectivity index (χ3v) is 2.42. The van der Waals surface area contributed by atoms with Gasteiger partial charge in [-0.15, -0.1) is 0 Å². The molecule has 5 heteroatoms. The average molecular weight is 202 g/mol. The molecule has 14 heavy (non-hydrogen) atoms. The van der Waals surface area contributed by atoms with Gasteiger partial charge in [-0.1, -0.05) is 0 Å². The maximum Gasteiger partial charge on any atom is 0.305 e. The summed E-state index contributed by atoms with van der Waals surface area (Å²) < 4.78 is 5.29. The molecule has 5 nitrogen and oxygen atoms in total. The predicted octanol–water partition coefficient (Wildman–Crippen LogP) is -0.619. The molecule has 0 bridgehead atoms. The lowest BCUT2D eigenvalue weighted by atomic mass is 10.2. The Labute approximate surface area is 84.0 Å². The highest BCUT2D eigenvalue weighted by Gasteiger charge is 2.18. The zero-order valence-corrected chi connectivity index (χ0v) is 8.53. The summed E-state index contributed by atoms with van der Waals surface area (Å²) in [5, 5.41) is 11.7. The number of hydrogen-bond acceptors (Lipinski definition) is 4. The average Bonchev–Trinajstić information content (AvgIpc) is 2.15. The molecule has 0 aromatic rings. The molecule has 1 aliphatic heterocycles. The van der Waals surface area contributed by atoms with Crippen molar-refractivity contribution in [1.29, 1.82) is 0 Å². The van der Waals surface area contributed by atoms with Gasteiger partial charge in [0.15, 0.2) is 0 Å². The molecule has 1 saturated heterocycles. The summed E-state index contributed by atoms with van der Waals surface area (Å²) in [5.41, 5.74) is 0. The first kappa shape index (κ1) is 11.4. The fraction of sp³-hybridized carbons (Fsp3) is 0.889. The molecule has 2 N–H and O–H groups in total. The molecule has 0 saturated carbocycles. The minimum atomic E-state index is -0.805. The van der Waals surface area contributed by atoms with Gasteiger partial charge in [-0.3, -0.25) is 9.69 Å². The summed E-state index contributed by atoms with van der Waals surface area (Å²) in [4.78, 5) is 12.4. The van der Waals surface area contributed by atoms with E-state index in [0.717, 1.165) is 19.6 Å². The van der Waals surface area contributed by atoms with Crippen LogP contribution in [0, 0.1) is 0 Å². The smallest absolute Gasteiger partial charge is 0.305 e. The Hall–Kier alpha value is -0.650. The van der Waals surface area contributed by atoms with E-state index in [-0.39, 0.29) is 6.42 Å². The molecule has 1 aliphatic rings. The number of rotatable bonds is 5. The zero-order valence-electron chi connectivity index (χ0n) is 8.53. The van der Waals surface area contributed by atoms with Crippen LogP contribution in [0.1, 0.15) is 6.42 Å². The van der Waals surface area contributed by atoms with E-state index in [0.29, 0.717) is 19.3 Å². The maximum absolute atomic E-state index is 10.2. The van der Waals surface area contributed by atoms with E-state index in [1.807, 2.05) is 0 Å². The number of carbonyl (C=O) groups is 1. The summed E-state index contributed by atoms with van der Waals surface area (Å²) in [6.07, 6.45) is 0.0872. The van der Waals surface area contributed by atoms with Gasteiger partial charge in [0.05, 0.1) is 19.6 Å². The number of nitrogens with one attached hydrogen (secondary N) is 1. The first-order valence-electron chi connectivity index (χ1n) is 4.90. The molecule has 0 spiro atoms. The van der Waals surface area contributed by atoms with Crippen LogP contribution in [0.15, 0.2) is 0 Å². The van der Waals surface area contributed by atoms with E-state index in [4.69, 9.17) is 9.84 Å². The van der Waals surface area contributed by atoms with Gasteiger partial charge in [0.25, 0.3) is 0 Å². The Bertz CT molecular complexity index is 187. The fourth-order valence-electron chi connectivity index (χ4n) is 1.43. The molecule has 1 heterocycles. The van der Waals surface area contributed by atoms with E-state index in [9.17, 15) is 4.79 Å². The molecule has 1 fully saturated rings. The highest BCUT2D eigenvalue weighted by molar-refractivity contribution is 5.66. The molecule has 0 aliphatic carbocycles. The molecule has 1 unspecified atom stereocenters. The number of nitrogens with zero attached hydrogens (tertiary/aromatic N) is 1. The highest BCUT2D eigenvalue weighted by atomic mass is 16.5. The van der Waals surface area contributed by atoms with Crippen molar-refractivity contribution in [2.45, 2.75) is 12.5 Å². The van der Waals surface area contributed by atoms with Gasteiger partial charge in [-0.05, 0) is 7.05 Å². The summed E-state index contributed by atoms with van der Waals surface area (Å²) in [6.45, 7) is 3.87. The minimum Gasteiger partial charge on any atom is -0.481 e. The lowest BCUT2D eigenvalue weighted by molar-refractivity contribution is -0.138.